The van der Waals surface area contributed by atoms with Crippen molar-refractivity contribution in [3.63, 3.8) is 0 Å². The van der Waals surface area contributed by atoms with Crippen molar-refractivity contribution >= 4 is 17.9 Å². The number of ether oxygens (including phenoxy) is 3. The van der Waals surface area contributed by atoms with Crippen molar-refractivity contribution in [1.82, 2.24) is 0 Å². The topological polar surface area (TPSA) is 78.9 Å². The van der Waals surface area contributed by atoms with Crippen LogP contribution < -0.4 is 0 Å². The molecular weight excluding hydrogens is 709 g/mol. The van der Waals surface area contributed by atoms with E-state index >= 15 is 0 Å². The Morgan fingerprint density at radius 3 is 1.07 bits per heavy atom. The number of hydrogen-bond donors (Lipinski definition) is 0. The Kier molecular flexibility index (Phi) is 44.4. The normalized spacial score (nSPS) is 12.3. The summed E-state index contributed by atoms with van der Waals surface area (Å²) in [5.41, 5.74) is 0. The van der Waals surface area contributed by atoms with E-state index in [0.717, 1.165) is 96.3 Å². The molecule has 6 nitrogen and oxygen atoms in total. The molecule has 332 valence electrons. The lowest BCUT2D eigenvalue weighted by Crippen LogP contribution is -2.30. The summed E-state index contributed by atoms with van der Waals surface area (Å²) in [6, 6.07) is 0. The summed E-state index contributed by atoms with van der Waals surface area (Å²) in [4.78, 5) is 37.8. The highest BCUT2D eigenvalue weighted by Crippen LogP contribution is 2.15. The summed E-state index contributed by atoms with van der Waals surface area (Å²) in [5.74, 6) is -0.885. The Balaban J connectivity index is 4.36. The van der Waals surface area contributed by atoms with Crippen LogP contribution in [0.15, 0.2) is 36.5 Å². The van der Waals surface area contributed by atoms with Crippen LogP contribution in [0.1, 0.15) is 252 Å². The smallest absolute Gasteiger partial charge is 0.306 e. The summed E-state index contributed by atoms with van der Waals surface area (Å²) < 4.78 is 16.7. The molecule has 0 rings (SSSR count). The fourth-order valence-corrected chi connectivity index (χ4v) is 6.99. The lowest BCUT2D eigenvalue weighted by Gasteiger charge is -2.18. The van der Waals surface area contributed by atoms with Gasteiger partial charge in [-0.1, -0.05) is 218 Å². The van der Waals surface area contributed by atoms with Crippen LogP contribution in [0.25, 0.3) is 0 Å². The van der Waals surface area contributed by atoms with Gasteiger partial charge in [0.25, 0.3) is 0 Å². The van der Waals surface area contributed by atoms with Crippen molar-refractivity contribution < 1.29 is 28.6 Å². The fraction of sp³-hybridized carbons (Fsp3) is 0.824. The van der Waals surface area contributed by atoms with Gasteiger partial charge in [-0.15, -0.1) is 0 Å². The molecule has 0 aliphatic heterocycles. The molecule has 1 atom stereocenters. The predicted octanol–water partition coefficient (Wildman–Crippen LogP) is 15.8. The second-order valence-corrected chi connectivity index (χ2v) is 16.4. The molecule has 0 radical (unpaired) electrons. The molecular formula is C51H92O6. The van der Waals surface area contributed by atoms with E-state index in [2.05, 4.69) is 57.2 Å². The first-order chi connectivity index (χ1) is 28.0. The maximum atomic E-state index is 12.7. The zero-order chi connectivity index (χ0) is 41.5. The molecule has 6 heteroatoms. The second-order valence-electron chi connectivity index (χ2n) is 16.4. The van der Waals surface area contributed by atoms with Crippen molar-refractivity contribution in [2.45, 2.75) is 258 Å². The number of allylic oxidation sites excluding steroid dienone is 6. The van der Waals surface area contributed by atoms with E-state index in [9.17, 15) is 14.4 Å². The number of unbranched alkanes of at least 4 members (excludes halogenated alkanes) is 27. The Morgan fingerprint density at radius 2 is 0.684 bits per heavy atom. The Morgan fingerprint density at radius 1 is 0.368 bits per heavy atom. The molecule has 0 aliphatic rings. The predicted molar refractivity (Wildman–Crippen MR) is 242 cm³/mol. The quantitative estimate of drug-likeness (QED) is 0.0264. The minimum Gasteiger partial charge on any atom is -0.462 e. The fourth-order valence-electron chi connectivity index (χ4n) is 6.99. The zero-order valence-electron chi connectivity index (χ0n) is 37.9. The van der Waals surface area contributed by atoms with Crippen molar-refractivity contribution in [3.8, 4) is 0 Å². The number of carbonyl (C=O) groups excluding carboxylic acids is 3. The molecule has 0 saturated carbocycles. The molecule has 0 N–H and O–H groups in total. The van der Waals surface area contributed by atoms with Crippen LogP contribution in [-0.4, -0.2) is 37.2 Å². The van der Waals surface area contributed by atoms with Gasteiger partial charge in [0, 0.05) is 19.3 Å². The van der Waals surface area contributed by atoms with Gasteiger partial charge in [0.2, 0.25) is 0 Å². The van der Waals surface area contributed by atoms with Crippen LogP contribution in [0.3, 0.4) is 0 Å². The minimum atomic E-state index is -0.772. The maximum absolute atomic E-state index is 12.7. The van der Waals surface area contributed by atoms with Crippen molar-refractivity contribution in [1.29, 1.82) is 0 Å². The van der Waals surface area contributed by atoms with Gasteiger partial charge >= 0.3 is 17.9 Å². The van der Waals surface area contributed by atoms with Crippen molar-refractivity contribution in [2.24, 2.45) is 0 Å². The van der Waals surface area contributed by atoms with Gasteiger partial charge in [-0.05, 0) is 51.4 Å². The first kappa shape index (κ1) is 54.6. The maximum Gasteiger partial charge on any atom is 0.306 e. The lowest BCUT2D eigenvalue weighted by atomic mass is 10.0. The largest absolute Gasteiger partial charge is 0.462 e. The number of rotatable bonds is 44. The van der Waals surface area contributed by atoms with Crippen molar-refractivity contribution in [2.75, 3.05) is 13.2 Å². The second kappa shape index (κ2) is 46.3. The van der Waals surface area contributed by atoms with Gasteiger partial charge < -0.3 is 14.2 Å². The summed E-state index contributed by atoms with van der Waals surface area (Å²) in [5, 5.41) is 0. The van der Waals surface area contributed by atoms with E-state index in [1.807, 2.05) is 0 Å². The highest BCUT2D eigenvalue weighted by Gasteiger charge is 2.19. The molecule has 0 heterocycles. The number of carbonyl (C=O) groups is 3. The van der Waals surface area contributed by atoms with E-state index in [0.29, 0.717) is 19.3 Å². The van der Waals surface area contributed by atoms with E-state index < -0.39 is 6.10 Å². The first-order valence-electron chi connectivity index (χ1n) is 24.5. The summed E-state index contributed by atoms with van der Waals surface area (Å²) in [6.07, 6.45) is 52.7. The molecule has 57 heavy (non-hydrogen) atoms. The van der Waals surface area contributed by atoms with Crippen LogP contribution >= 0.6 is 0 Å². The third-order valence-electron chi connectivity index (χ3n) is 10.7. The molecule has 1 unspecified atom stereocenters. The highest BCUT2D eigenvalue weighted by molar-refractivity contribution is 5.71. The zero-order valence-corrected chi connectivity index (χ0v) is 37.9. The SMILES string of the molecule is CC/C=C\C/C=C\C/C=C\CCCCCCCC(=O)OCC(COC(=O)CCCCCCCCCCCC)OC(=O)CCCCCCCCCCCCCCCC. The molecule has 0 bridgehead atoms. The summed E-state index contributed by atoms with van der Waals surface area (Å²) in [7, 11) is 0. The Hall–Kier alpha value is -2.37. The summed E-state index contributed by atoms with van der Waals surface area (Å²) in [6.45, 7) is 6.51. The monoisotopic (exact) mass is 801 g/mol. The van der Waals surface area contributed by atoms with Gasteiger partial charge in [-0.2, -0.15) is 0 Å². The standard InChI is InChI=1S/C51H92O6/c1-4-7-10-13-16-19-22-24-26-28-29-32-35-38-41-44-50(53)56-47-48(46-55-49(52)43-40-37-34-31-21-18-15-12-9-6-3)57-51(54)45-42-39-36-33-30-27-25-23-20-17-14-11-8-5-2/h7,10,16,19,24,26,48H,4-6,8-9,11-15,17-18,20-23,25,27-47H2,1-3H3/b10-7-,19-16-,26-24-. The molecule has 0 spiro atoms. The lowest BCUT2D eigenvalue weighted by molar-refractivity contribution is -0.167. The number of hydrogen-bond acceptors (Lipinski definition) is 6. The van der Waals surface area contributed by atoms with E-state index in [1.165, 1.54) is 116 Å². The Labute approximate surface area is 353 Å². The van der Waals surface area contributed by atoms with Crippen LogP contribution in [0.4, 0.5) is 0 Å². The average Bonchev–Trinajstić information content (AvgIpc) is 3.21. The highest BCUT2D eigenvalue weighted by atomic mass is 16.6. The molecule has 0 amide bonds. The van der Waals surface area contributed by atoms with Gasteiger partial charge in [-0.25, -0.2) is 0 Å². The summed E-state index contributed by atoms with van der Waals surface area (Å²) >= 11 is 0. The van der Waals surface area contributed by atoms with Crippen LogP contribution in [-0.2, 0) is 28.6 Å². The van der Waals surface area contributed by atoms with E-state index in [1.54, 1.807) is 0 Å². The molecule has 0 saturated heterocycles. The minimum absolute atomic E-state index is 0.0740. The van der Waals surface area contributed by atoms with Gasteiger partial charge in [-0.3, -0.25) is 14.4 Å². The molecule has 0 aromatic carbocycles. The molecule has 0 aromatic rings. The Bertz CT molecular complexity index is 969. The third kappa shape index (κ3) is 44.6. The van der Waals surface area contributed by atoms with Gasteiger partial charge in [0.1, 0.15) is 13.2 Å². The van der Waals surface area contributed by atoms with Crippen LogP contribution in [0.5, 0.6) is 0 Å². The first-order valence-corrected chi connectivity index (χ1v) is 24.5. The third-order valence-corrected chi connectivity index (χ3v) is 10.7. The number of esters is 3. The molecule has 0 aromatic heterocycles. The van der Waals surface area contributed by atoms with Crippen LogP contribution in [0.2, 0.25) is 0 Å². The van der Waals surface area contributed by atoms with E-state index in [-0.39, 0.29) is 31.1 Å². The molecule has 0 aliphatic carbocycles. The van der Waals surface area contributed by atoms with Gasteiger partial charge in [0.15, 0.2) is 6.10 Å². The van der Waals surface area contributed by atoms with Crippen molar-refractivity contribution in [3.05, 3.63) is 36.5 Å². The van der Waals surface area contributed by atoms with Crippen LogP contribution in [0, 0.1) is 0 Å². The average molecular weight is 801 g/mol. The van der Waals surface area contributed by atoms with E-state index in [4.69, 9.17) is 14.2 Å². The molecule has 0 fully saturated rings. The van der Waals surface area contributed by atoms with Gasteiger partial charge in [0.05, 0.1) is 0 Å².